The molecule has 1 atom stereocenters. The molecule has 1 saturated heterocycles. The van der Waals surface area contributed by atoms with Crippen LogP contribution in [0, 0.1) is 6.92 Å². The first kappa shape index (κ1) is 19.8. The number of nitrogens with one attached hydrogen (secondary N) is 1. The van der Waals surface area contributed by atoms with E-state index in [9.17, 15) is 9.59 Å². The van der Waals surface area contributed by atoms with Crippen molar-refractivity contribution in [1.29, 1.82) is 0 Å². The van der Waals surface area contributed by atoms with Gasteiger partial charge in [-0.1, -0.05) is 13.0 Å². The highest BCUT2D eigenvalue weighted by molar-refractivity contribution is 7.09. The molecule has 0 saturated carbocycles. The summed E-state index contributed by atoms with van der Waals surface area (Å²) in [5.41, 5.74) is 1.85. The van der Waals surface area contributed by atoms with Crippen LogP contribution in [0.5, 0.6) is 0 Å². The summed E-state index contributed by atoms with van der Waals surface area (Å²) in [6.45, 7) is 6.37. The third-order valence-corrected chi connectivity index (χ3v) is 6.38. The largest absolute Gasteiger partial charge is 0.352 e. The smallest absolute Gasteiger partial charge is 0.257 e. The molecule has 1 aliphatic rings. The summed E-state index contributed by atoms with van der Waals surface area (Å²) in [6, 6.07) is 6.23. The van der Waals surface area contributed by atoms with Crippen molar-refractivity contribution in [2.24, 2.45) is 0 Å². The molecular weight excluding hydrogens is 358 g/mol. The molecule has 6 heteroatoms. The van der Waals surface area contributed by atoms with E-state index >= 15 is 0 Å². The molecule has 0 spiro atoms. The lowest BCUT2D eigenvalue weighted by Crippen LogP contribution is -2.35. The van der Waals surface area contributed by atoms with E-state index < -0.39 is 0 Å². The Hall–Kier alpha value is -1.92. The number of hydrogen-bond donors (Lipinski definition) is 1. The first-order chi connectivity index (χ1) is 13.0. The number of aryl methyl sites for hydroxylation is 1. The number of carbonyl (C=O) groups is 1. The van der Waals surface area contributed by atoms with Crippen molar-refractivity contribution in [2.75, 3.05) is 20.1 Å². The molecule has 0 aromatic carbocycles. The first-order valence-electron chi connectivity index (χ1n) is 9.75. The molecular formula is C21H29N3O2S. The van der Waals surface area contributed by atoms with E-state index in [-0.39, 0.29) is 11.3 Å². The predicted octanol–water partition coefficient (Wildman–Crippen LogP) is 3.04. The predicted molar refractivity (Wildman–Crippen MR) is 111 cm³/mol. The van der Waals surface area contributed by atoms with Crippen molar-refractivity contribution in [3.05, 3.63) is 55.6 Å². The third kappa shape index (κ3) is 4.50. The minimum atomic E-state index is -0.238. The van der Waals surface area contributed by atoms with E-state index in [1.165, 1.54) is 17.7 Å². The summed E-state index contributed by atoms with van der Waals surface area (Å²) >= 11 is 1.69. The van der Waals surface area contributed by atoms with Gasteiger partial charge in [0, 0.05) is 34.9 Å². The van der Waals surface area contributed by atoms with Gasteiger partial charge in [0.05, 0.1) is 6.54 Å². The van der Waals surface area contributed by atoms with Crippen LogP contribution in [0.15, 0.2) is 28.4 Å². The zero-order chi connectivity index (χ0) is 19.4. The zero-order valence-electron chi connectivity index (χ0n) is 16.5. The molecule has 1 fully saturated rings. The molecule has 146 valence electrons. The number of hydrogen-bond acceptors (Lipinski definition) is 4. The second kappa shape index (κ2) is 8.85. The Balaban J connectivity index is 1.78. The standard InChI is InChI=1S/C21H29N3O2S/c1-4-18-20(21(26)22-10-9-16-7-5-11-23(16)3)19(25)13-15(2)24(18)14-17-8-6-12-27-17/h6,8,12-13,16H,4-5,7,9-11,14H2,1-3H3,(H,22,26). The fourth-order valence-corrected chi connectivity index (χ4v) is 4.70. The second-order valence-corrected chi connectivity index (χ2v) is 8.34. The molecule has 0 bridgehead atoms. The molecule has 5 nitrogen and oxygen atoms in total. The molecule has 2 aromatic heterocycles. The highest BCUT2D eigenvalue weighted by Crippen LogP contribution is 2.18. The first-order valence-corrected chi connectivity index (χ1v) is 10.6. The Labute approximate surface area is 165 Å². The van der Waals surface area contributed by atoms with Crippen LogP contribution in [0.3, 0.4) is 0 Å². The molecule has 0 aliphatic carbocycles. The molecule has 3 rings (SSSR count). The maximum Gasteiger partial charge on any atom is 0.257 e. The lowest BCUT2D eigenvalue weighted by atomic mass is 10.1. The number of aromatic nitrogens is 1. The Morgan fingerprint density at radius 3 is 2.85 bits per heavy atom. The Bertz CT molecular complexity index is 842. The van der Waals surface area contributed by atoms with Gasteiger partial charge in [-0.3, -0.25) is 9.59 Å². The number of likely N-dealkylation sites (tertiary alicyclic amines) is 1. The normalized spacial score (nSPS) is 17.4. The van der Waals surface area contributed by atoms with Crippen LogP contribution >= 0.6 is 11.3 Å². The van der Waals surface area contributed by atoms with Crippen LogP contribution in [-0.2, 0) is 13.0 Å². The van der Waals surface area contributed by atoms with Crippen molar-refractivity contribution in [3.8, 4) is 0 Å². The third-order valence-electron chi connectivity index (χ3n) is 5.52. The van der Waals surface area contributed by atoms with E-state index in [4.69, 9.17) is 0 Å². The van der Waals surface area contributed by atoms with Crippen LogP contribution in [0.2, 0.25) is 0 Å². The maximum absolute atomic E-state index is 12.8. The lowest BCUT2D eigenvalue weighted by molar-refractivity contribution is 0.0947. The number of rotatable bonds is 7. The summed E-state index contributed by atoms with van der Waals surface area (Å²) in [6.07, 6.45) is 3.99. The van der Waals surface area contributed by atoms with E-state index in [1.807, 2.05) is 25.3 Å². The van der Waals surface area contributed by atoms with Crippen molar-refractivity contribution < 1.29 is 4.79 Å². The highest BCUT2D eigenvalue weighted by atomic mass is 32.1. The minimum Gasteiger partial charge on any atom is -0.352 e. The second-order valence-electron chi connectivity index (χ2n) is 7.31. The van der Waals surface area contributed by atoms with Gasteiger partial charge in [0.2, 0.25) is 0 Å². The van der Waals surface area contributed by atoms with Gasteiger partial charge in [0.1, 0.15) is 5.56 Å². The van der Waals surface area contributed by atoms with E-state index in [0.717, 1.165) is 24.4 Å². The molecule has 27 heavy (non-hydrogen) atoms. The number of thiophene rings is 1. The quantitative estimate of drug-likeness (QED) is 0.794. The number of carbonyl (C=O) groups excluding carboxylic acids is 1. The fraction of sp³-hybridized carbons (Fsp3) is 0.524. The van der Waals surface area contributed by atoms with Crippen molar-refractivity contribution in [3.63, 3.8) is 0 Å². The van der Waals surface area contributed by atoms with Gasteiger partial charge in [-0.25, -0.2) is 0 Å². The topological polar surface area (TPSA) is 54.3 Å². The van der Waals surface area contributed by atoms with Gasteiger partial charge < -0.3 is 14.8 Å². The van der Waals surface area contributed by atoms with Gasteiger partial charge in [0.15, 0.2) is 5.43 Å². The Kier molecular flexibility index (Phi) is 6.50. The summed E-state index contributed by atoms with van der Waals surface area (Å²) in [7, 11) is 2.14. The average molecular weight is 388 g/mol. The van der Waals surface area contributed by atoms with Crippen LogP contribution in [0.1, 0.15) is 52.8 Å². The molecule has 1 aliphatic heterocycles. The van der Waals surface area contributed by atoms with E-state index in [0.29, 0.717) is 31.1 Å². The number of nitrogens with zero attached hydrogens (tertiary/aromatic N) is 2. The molecule has 2 aromatic rings. The van der Waals surface area contributed by atoms with Gasteiger partial charge in [0.25, 0.3) is 5.91 Å². The lowest BCUT2D eigenvalue weighted by Gasteiger charge is -2.20. The van der Waals surface area contributed by atoms with Crippen LogP contribution in [0.4, 0.5) is 0 Å². The van der Waals surface area contributed by atoms with Crippen molar-refractivity contribution in [1.82, 2.24) is 14.8 Å². The number of pyridine rings is 1. The maximum atomic E-state index is 12.8. The summed E-state index contributed by atoms with van der Waals surface area (Å²) in [5.74, 6) is -0.238. The SMILES string of the molecule is CCc1c(C(=O)NCCC2CCCN2C)c(=O)cc(C)n1Cc1cccs1. The summed E-state index contributed by atoms with van der Waals surface area (Å²) < 4.78 is 2.10. The molecule has 1 unspecified atom stereocenters. The number of amides is 1. The van der Waals surface area contributed by atoms with Crippen LogP contribution in [0.25, 0.3) is 0 Å². The van der Waals surface area contributed by atoms with Crippen LogP contribution in [-0.4, -0.2) is 41.6 Å². The molecule has 3 heterocycles. The van der Waals surface area contributed by atoms with Crippen LogP contribution < -0.4 is 10.7 Å². The van der Waals surface area contributed by atoms with Gasteiger partial charge in [-0.15, -0.1) is 11.3 Å². The molecule has 0 radical (unpaired) electrons. The highest BCUT2D eigenvalue weighted by Gasteiger charge is 2.22. The average Bonchev–Trinajstić information content (AvgIpc) is 3.28. The Morgan fingerprint density at radius 2 is 2.22 bits per heavy atom. The fourth-order valence-electron chi connectivity index (χ4n) is 4.00. The van der Waals surface area contributed by atoms with Crippen molar-refractivity contribution in [2.45, 2.75) is 52.1 Å². The zero-order valence-corrected chi connectivity index (χ0v) is 17.3. The van der Waals surface area contributed by atoms with E-state index in [1.54, 1.807) is 17.4 Å². The monoisotopic (exact) mass is 387 g/mol. The summed E-state index contributed by atoms with van der Waals surface area (Å²) in [4.78, 5) is 29.0. The minimum absolute atomic E-state index is 0.178. The van der Waals surface area contributed by atoms with Gasteiger partial charge >= 0.3 is 0 Å². The van der Waals surface area contributed by atoms with Crippen molar-refractivity contribution >= 4 is 17.2 Å². The Morgan fingerprint density at radius 1 is 1.41 bits per heavy atom. The van der Waals surface area contributed by atoms with Gasteiger partial charge in [-0.2, -0.15) is 0 Å². The van der Waals surface area contributed by atoms with E-state index in [2.05, 4.69) is 27.9 Å². The van der Waals surface area contributed by atoms with Gasteiger partial charge in [-0.05, 0) is 57.6 Å². The molecule has 1 amide bonds. The molecule has 1 N–H and O–H groups in total. The summed E-state index contributed by atoms with van der Waals surface area (Å²) in [5, 5.41) is 5.04.